The molecule has 0 unspecified atom stereocenters. The second-order valence-corrected chi connectivity index (χ2v) is 9.92. The van der Waals surface area contributed by atoms with Crippen molar-refractivity contribution in [2.45, 2.75) is 39.0 Å². The van der Waals surface area contributed by atoms with Crippen molar-refractivity contribution in [1.82, 2.24) is 29.6 Å². The van der Waals surface area contributed by atoms with Gasteiger partial charge in [0.1, 0.15) is 40.7 Å². The zero-order valence-electron chi connectivity index (χ0n) is 20.9. The summed E-state index contributed by atoms with van der Waals surface area (Å²) in [7, 11) is 0. The average molecular weight is 598 g/mol. The lowest BCUT2D eigenvalue weighted by atomic mass is 10.0. The van der Waals surface area contributed by atoms with E-state index in [1.165, 1.54) is 17.7 Å². The number of benzene rings is 1. The van der Waals surface area contributed by atoms with Crippen molar-refractivity contribution in [3.05, 3.63) is 64.7 Å². The fourth-order valence-corrected chi connectivity index (χ4v) is 4.83. The minimum atomic E-state index is -1.40. The number of fused-ring (bicyclic) bond motifs is 1. The highest BCUT2D eigenvalue weighted by atomic mass is 79.9. The molecule has 0 spiro atoms. The number of carbonyl (C=O) groups excluding carboxylic acids is 3. The largest absolute Gasteiger partial charge is 0.326 e. The highest BCUT2D eigenvalue weighted by Crippen LogP contribution is 2.28. The fourth-order valence-electron chi connectivity index (χ4n) is 4.51. The Kier molecular flexibility index (Phi) is 7.17. The zero-order valence-corrected chi connectivity index (χ0v) is 22.4. The van der Waals surface area contributed by atoms with E-state index in [2.05, 4.69) is 41.3 Å². The third-order valence-electron chi connectivity index (χ3n) is 6.41. The molecule has 10 nitrogen and oxygen atoms in total. The molecule has 0 bridgehead atoms. The first-order valence-electron chi connectivity index (χ1n) is 12.0. The van der Waals surface area contributed by atoms with Gasteiger partial charge in [-0.3, -0.25) is 19.1 Å². The van der Waals surface area contributed by atoms with Gasteiger partial charge in [-0.25, -0.2) is 23.7 Å². The third-order valence-corrected chi connectivity index (χ3v) is 6.97. The number of hydrogen-bond acceptors (Lipinski definition) is 7. The Balaban J connectivity index is 1.40. The number of hydrogen-bond donors (Lipinski definition) is 1. The van der Waals surface area contributed by atoms with Crippen molar-refractivity contribution in [1.29, 1.82) is 0 Å². The Hall–Kier alpha value is -4.13. The predicted octanol–water partition coefficient (Wildman–Crippen LogP) is 3.88. The van der Waals surface area contributed by atoms with Gasteiger partial charge in [0.05, 0.1) is 12.1 Å². The highest BCUT2D eigenvalue weighted by molar-refractivity contribution is 9.10. The van der Waals surface area contributed by atoms with Crippen LogP contribution >= 0.6 is 15.9 Å². The van der Waals surface area contributed by atoms with Gasteiger partial charge in [-0.1, -0.05) is 6.07 Å². The first-order valence-corrected chi connectivity index (χ1v) is 12.8. The molecule has 0 saturated carbocycles. The van der Waals surface area contributed by atoms with E-state index in [-0.39, 0.29) is 41.4 Å². The Morgan fingerprint density at radius 1 is 1.13 bits per heavy atom. The van der Waals surface area contributed by atoms with Gasteiger partial charge in [0.25, 0.3) is 0 Å². The molecule has 0 aliphatic carbocycles. The van der Waals surface area contributed by atoms with Gasteiger partial charge in [-0.05, 0) is 52.7 Å². The maximum atomic E-state index is 14.4. The monoisotopic (exact) mass is 597 g/mol. The van der Waals surface area contributed by atoms with E-state index >= 15 is 0 Å². The van der Waals surface area contributed by atoms with E-state index in [0.717, 1.165) is 22.1 Å². The van der Waals surface area contributed by atoms with E-state index in [0.29, 0.717) is 16.7 Å². The Morgan fingerprint density at radius 2 is 1.87 bits per heavy atom. The molecule has 200 valence electrons. The molecule has 2 amide bonds. The first-order chi connectivity index (χ1) is 18.6. The van der Waals surface area contributed by atoms with Gasteiger partial charge in [0.2, 0.25) is 11.8 Å². The molecule has 13 heteroatoms. The normalized spacial score (nSPS) is 17.0. The van der Waals surface area contributed by atoms with Crippen LogP contribution in [0, 0.1) is 12.7 Å². The Bertz CT molecular complexity index is 1610. The molecule has 1 saturated heterocycles. The number of carbonyl (C=O) groups is 3. The van der Waals surface area contributed by atoms with E-state index < -0.39 is 29.8 Å². The quantitative estimate of drug-likeness (QED) is 0.264. The van der Waals surface area contributed by atoms with Crippen LogP contribution in [0.2, 0.25) is 0 Å². The molecular formula is C26H22BrF2N7O3. The number of likely N-dealkylation sites (tertiary alicyclic amines) is 1. The first kappa shape index (κ1) is 26.5. The number of aromatic nitrogens is 5. The second-order valence-electron chi connectivity index (χ2n) is 9.17. The summed E-state index contributed by atoms with van der Waals surface area (Å²) in [4.78, 5) is 52.1. The molecule has 39 heavy (non-hydrogen) atoms. The summed E-state index contributed by atoms with van der Waals surface area (Å²) in [6, 6.07) is 6.62. The number of nitrogens with one attached hydrogen (secondary N) is 1. The van der Waals surface area contributed by atoms with E-state index in [1.807, 2.05) is 0 Å². The number of pyridine rings is 1. The summed E-state index contributed by atoms with van der Waals surface area (Å²) in [6.45, 7) is 2.58. The molecule has 4 heterocycles. The standard InChI is InChI=1S/C26H22BrF2N7O3/c1-13(37)24-18-7-15(16-9-30-14(2)31-10-16)3-5-20(18)36(34-24)12-23(38)35-11-17(28)8-21(35)26(39)33-22-6-4-19(29)25(27)32-22/h3-7,9-10,17,21H,8,11-12H2,1-2H3,(H,32,33,39)/t17-,21+/m1/s1. The van der Waals surface area contributed by atoms with E-state index in [1.54, 1.807) is 37.5 Å². The minimum absolute atomic E-state index is 0.0573. The SMILES string of the molecule is CC(=O)c1nn(CC(=O)N2C[C@H](F)C[C@H]2C(=O)Nc2ccc(F)c(Br)n2)c2ccc(-c3cnc(C)nc3)cc12. The maximum Gasteiger partial charge on any atom is 0.248 e. The van der Waals surface area contributed by atoms with Crippen LogP contribution in [0.4, 0.5) is 14.6 Å². The van der Waals surface area contributed by atoms with Crippen LogP contribution in [0.5, 0.6) is 0 Å². The molecule has 1 N–H and O–H groups in total. The lowest BCUT2D eigenvalue weighted by Crippen LogP contribution is -2.44. The second kappa shape index (κ2) is 10.6. The Morgan fingerprint density at radius 3 is 2.56 bits per heavy atom. The van der Waals surface area contributed by atoms with Crippen LogP contribution in [0.3, 0.4) is 0 Å². The summed E-state index contributed by atoms with van der Waals surface area (Å²) in [5, 5.41) is 7.42. The predicted molar refractivity (Wildman–Crippen MR) is 141 cm³/mol. The van der Waals surface area contributed by atoms with Crippen molar-refractivity contribution in [2.24, 2.45) is 0 Å². The number of rotatable bonds is 6. The number of anilines is 1. The van der Waals surface area contributed by atoms with Crippen LogP contribution in [0.1, 0.15) is 29.7 Å². The lowest BCUT2D eigenvalue weighted by Gasteiger charge is -2.23. The van der Waals surface area contributed by atoms with Crippen molar-refractivity contribution in [2.75, 3.05) is 11.9 Å². The number of ketones is 1. The molecule has 5 rings (SSSR count). The number of Topliss-reactive ketones (excluding diaryl/α,β-unsaturated/α-hetero) is 1. The number of amides is 2. The van der Waals surface area contributed by atoms with Crippen LogP contribution in [0.25, 0.3) is 22.0 Å². The van der Waals surface area contributed by atoms with Crippen molar-refractivity contribution in [3.63, 3.8) is 0 Å². The number of aryl methyl sites for hydroxylation is 1. The van der Waals surface area contributed by atoms with Gasteiger partial charge >= 0.3 is 0 Å². The number of halogens is 3. The molecule has 3 aromatic heterocycles. The summed E-state index contributed by atoms with van der Waals surface area (Å²) in [5.41, 5.74) is 2.24. The van der Waals surface area contributed by atoms with Crippen LogP contribution in [-0.4, -0.2) is 66.0 Å². The smallest absolute Gasteiger partial charge is 0.248 e. The van der Waals surface area contributed by atoms with Crippen molar-refractivity contribution < 1.29 is 23.2 Å². The summed E-state index contributed by atoms with van der Waals surface area (Å²) < 4.78 is 29.2. The zero-order chi connectivity index (χ0) is 27.8. The molecule has 1 fully saturated rings. The molecule has 4 aromatic rings. The van der Waals surface area contributed by atoms with Crippen LogP contribution in [0.15, 0.2) is 47.3 Å². The number of alkyl halides is 1. The van der Waals surface area contributed by atoms with E-state index in [4.69, 9.17) is 0 Å². The maximum absolute atomic E-state index is 14.4. The summed E-state index contributed by atoms with van der Waals surface area (Å²) in [6.07, 6.45) is 1.76. The lowest BCUT2D eigenvalue weighted by molar-refractivity contribution is -0.137. The van der Waals surface area contributed by atoms with Crippen LogP contribution in [-0.2, 0) is 16.1 Å². The third kappa shape index (κ3) is 5.39. The molecular weight excluding hydrogens is 576 g/mol. The average Bonchev–Trinajstić information content (AvgIpc) is 3.47. The van der Waals surface area contributed by atoms with Crippen molar-refractivity contribution >= 4 is 50.2 Å². The Labute approximate surface area is 229 Å². The summed E-state index contributed by atoms with van der Waals surface area (Å²) in [5.74, 6) is -1.40. The van der Waals surface area contributed by atoms with Gasteiger partial charge < -0.3 is 10.2 Å². The summed E-state index contributed by atoms with van der Waals surface area (Å²) >= 11 is 2.95. The van der Waals surface area contributed by atoms with E-state index in [9.17, 15) is 23.2 Å². The van der Waals surface area contributed by atoms with Crippen molar-refractivity contribution in [3.8, 4) is 11.1 Å². The van der Waals surface area contributed by atoms with Gasteiger partial charge in [-0.15, -0.1) is 0 Å². The highest BCUT2D eigenvalue weighted by Gasteiger charge is 2.40. The molecule has 0 radical (unpaired) electrons. The van der Waals surface area contributed by atoms with Gasteiger partial charge in [0.15, 0.2) is 11.6 Å². The molecule has 1 aliphatic heterocycles. The van der Waals surface area contributed by atoms with Gasteiger partial charge in [0, 0.05) is 36.7 Å². The molecule has 1 aliphatic rings. The fraction of sp³-hybridized carbons (Fsp3) is 0.269. The molecule has 2 atom stereocenters. The molecule has 1 aromatic carbocycles. The van der Waals surface area contributed by atoms with Gasteiger partial charge in [-0.2, -0.15) is 5.10 Å². The van der Waals surface area contributed by atoms with Crippen LogP contribution < -0.4 is 5.32 Å². The minimum Gasteiger partial charge on any atom is -0.326 e. The topological polar surface area (TPSA) is 123 Å². The number of nitrogens with zero attached hydrogens (tertiary/aromatic N) is 6.